The number of hydrogen-bond acceptors (Lipinski definition) is 4. The van der Waals surface area contributed by atoms with E-state index in [9.17, 15) is 4.79 Å². The lowest BCUT2D eigenvalue weighted by Crippen LogP contribution is -2.05. The molecule has 0 bridgehead atoms. The number of hydrogen-bond donors (Lipinski definition) is 2. The normalized spacial score (nSPS) is 16.5. The Balaban J connectivity index is 2.17. The number of rotatable bonds is 3. The molecule has 0 atom stereocenters. The second-order valence-corrected chi connectivity index (χ2v) is 5.21. The maximum Gasteiger partial charge on any atom is 0.354 e. The second-order valence-electron chi connectivity index (χ2n) is 3.92. The van der Waals surface area contributed by atoms with Gasteiger partial charge in [0.15, 0.2) is 0 Å². The molecular weight excluding hydrogens is 224 g/mol. The summed E-state index contributed by atoms with van der Waals surface area (Å²) in [5, 5.41) is 10.0. The summed E-state index contributed by atoms with van der Waals surface area (Å²) in [6, 6.07) is 3.06. The minimum atomic E-state index is -1.01. The van der Waals surface area contributed by atoms with Crippen LogP contribution in [0.3, 0.4) is 0 Å². The van der Waals surface area contributed by atoms with Gasteiger partial charge >= 0.3 is 5.97 Å². The lowest BCUT2D eigenvalue weighted by atomic mass is 10.3. The molecule has 3 N–H and O–H groups in total. The van der Waals surface area contributed by atoms with Crippen molar-refractivity contribution in [3.63, 3.8) is 0 Å². The minimum Gasteiger partial charge on any atom is -0.477 e. The van der Waals surface area contributed by atoms with Crippen molar-refractivity contribution in [1.29, 1.82) is 0 Å². The lowest BCUT2D eigenvalue weighted by Gasteiger charge is -2.10. The van der Waals surface area contributed by atoms with Gasteiger partial charge in [0.05, 0.1) is 5.69 Å². The van der Waals surface area contributed by atoms with E-state index in [1.165, 1.54) is 31.7 Å². The molecule has 4 nitrogen and oxygen atoms in total. The number of anilines is 1. The second kappa shape index (κ2) is 4.74. The van der Waals surface area contributed by atoms with Crippen molar-refractivity contribution in [3.05, 3.63) is 17.8 Å². The van der Waals surface area contributed by atoms with Gasteiger partial charge < -0.3 is 10.8 Å². The van der Waals surface area contributed by atoms with Crippen LogP contribution in [0, 0.1) is 0 Å². The van der Waals surface area contributed by atoms with Crippen molar-refractivity contribution >= 4 is 23.4 Å². The smallest absolute Gasteiger partial charge is 0.354 e. The van der Waals surface area contributed by atoms with Gasteiger partial charge in [-0.25, -0.2) is 9.78 Å². The maximum atomic E-state index is 10.8. The van der Waals surface area contributed by atoms with Gasteiger partial charge in [0.2, 0.25) is 0 Å². The Labute approximate surface area is 98.3 Å². The number of aromatic nitrogens is 1. The van der Waals surface area contributed by atoms with Gasteiger partial charge in [-0.2, -0.15) is 0 Å². The SMILES string of the molecule is Nc1ccc(C(=O)O)nc1SC1CCCC1. The zero-order valence-corrected chi connectivity index (χ0v) is 9.67. The Hall–Kier alpha value is -1.23. The highest BCUT2D eigenvalue weighted by atomic mass is 32.2. The van der Waals surface area contributed by atoms with Crippen LogP contribution in [0.2, 0.25) is 0 Å². The van der Waals surface area contributed by atoms with Crippen molar-refractivity contribution < 1.29 is 9.90 Å². The van der Waals surface area contributed by atoms with E-state index in [-0.39, 0.29) is 5.69 Å². The summed E-state index contributed by atoms with van der Waals surface area (Å²) >= 11 is 1.61. The van der Waals surface area contributed by atoms with Gasteiger partial charge in [-0.1, -0.05) is 12.8 Å². The third-order valence-electron chi connectivity index (χ3n) is 2.69. The monoisotopic (exact) mass is 238 g/mol. The highest BCUT2D eigenvalue weighted by molar-refractivity contribution is 8.00. The largest absolute Gasteiger partial charge is 0.477 e. The molecule has 0 amide bonds. The fraction of sp³-hybridized carbons (Fsp3) is 0.455. The number of nitrogens with two attached hydrogens (primary N) is 1. The molecule has 1 saturated carbocycles. The molecule has 1 fully saturated rings. The zero-order chi connectivity index (χ0) is 11.5. The molecule has 1 aromatic rings. The molecule has 1 aromatic heterocycles. The van der Waals surface area contributed by atoms with Gasteiger partial charge in [0.1, 0.15) is 10.7 Å². The molecule has 86 valence electrons. The summed E-state index contributed by atoms with van der Waals surface area (Å²) in [7, 11) is 0. The Bertz CT molecular complexity index is 403. The Morgan fingerprint density at radius 2 is 2.12 bits per heavy atom. The summed E-state index contributed by atoms with van der Waals surface area (Å²) in [5.41, 5.74) is 6.43. The summed E-state index contributed by atoms with van der Waals surface area (Å²) in [5.74, 6) is -1.01. The van der Waals surface area contributed by atoms with E-state index in [0.717, 1.165) is 0 Å². The number of thioether (sulfide) groups is 1. The number of pyridine rings is 1. The zero-order valence-electron chi connectivity index (χ0n) is 8.85. The third kappa shape index (κ3) is 2.47. The van der Waals surface area contributed by atoms with Crippen LogP contribution in [0.15, 0.2) is 17.2 Å². The molecule has 1 aliphatic rings. The van der Waals surface area contributed by atoms with Gasteiger partial charge in [0, 0.05) is 5.25 Å². The molecule has 5 heteroatoms. The molecule has 0 unspecified atom stereocenters. The quantitative estimate of drug-likeness (QED) is 0.845. The first-order valence-corrected chi connectivity index (χ1v) is 6.21. The topological polar surface area (TPSA) is 76.2 Å². The maximum absolute atomic E-state index is 10.8. The van der Waals surface area contributed by atoms with Crippen molar-refractivity contribution in [2.24, 2.45) is 0 Å². The molecule has 0 radical (unpaired) electrons. The van der Waals surface area contributed by atoms with Gasteiger partial charge in [-0.05, 0) is 25.0 Å². The predicted molar refractivity (Wildman–Crippen MR) is 63.7 cm³/mol. The van der Waals surface area contributed by atoms with Crippen molar-refractivity contribution in [2.45, 2.75) is 36.0 Å². The molecule has 0 aromatic carbocycles. The third-order valence-corrected chi connectivity index (χ3v) is 4.04. The molecular formula is C11H14N2O2S. The number of nitrogen functional groups attached to an aromatic ring is 1. The van der Waals surface area contributed by atoms with Crippen LogP contribution < -0.4 is 5.73 Å². The van der Waals surface area contributed by atoms with Crippen LogP contribution in [0.4, 0.5) is 5.69 Å². The van der Waals surface area contributed by atoms with E-state index in [0.29, 0.717) is 16.0 Å². The van der Waals surface area contributed by atoms with Crippen molar-refractivity contribution in [1.82, 2.24) is 4.98 Å². The summed E-state index contributed by atoms with van der Waals surface area (Å²) < 4.78 is 0. The number of carboxylic acids is 1. The standard InChI is InChI=1S/C11H14N2O2S/c12-8-5-6-9(11(14)15)13-10(8)16-7-3-1-2-4-7/h5-7H,1-4,12H2,(H,14,15). The molecule has 1 aliphatic carbocycles. The van der Waals surface area contributed by atoms with Gasteiger partial charge in [-0.15, -0.1) is 11.8 Å². The Morgan fingerprint density at radius 3 is 2.75 bits per heavy atom. The fourth-order valence-electron chi connectivity index (χ4n) is 1.83. The van der Waals surface area contributed by atoms with Gasteiger partial charge in [-0.3, -0.25) is 0 Å². The number of aromatic carboxylic acids is 1. The van der Waals surface area contributed by atoms with Crippen molar-refractivity contribution in [2.75, 3.05) is 5.73 Å². The van der Waals surface area contributed by atoms with E-state index in [4.69, 9.17) is 10.8 Å². The Kier molecular flexibility index (Phi) is 3.33. The fourth-order valence-corrected chi connectivity index (χ4v) is 3.07. The van der Waals surface area contributed by atoms with E-state index in [2.05, 4.69) is 4.98 Å². The number of carbonyl (C=O) groups is 1. The first-order valence-electron chi connectivity index (χ1n) is 5.33. The Morgan fingerprint density at radius 1 is 1.44 bits per heavy atom. The average Bonchev–Trinajstić information content (AvgIpc) is 2.73. The van der Waals surface area contributed by atoms with Crippen LogP contribution in [0.1, 0.15) is 36.2 Å². The van der Waals surface area contributed by atoms with Gasteiger partial charge in [0.25, 0.3) is 0 Å². The molecule has 0 aliphatic heterocycles. The first kappa shape index (κ1) is 11.3. The van der Waals surface area contributed by atoms with E-state index >= 15 is 0 Å². The van der Waals surface area contributed by atoms with Crippen LogP contribution >= 0.6 is 11.8 Å². The van der Waals surface area contributed by atoms with Crippen LogP contribution in [0.25, 0.3) is 0 Å². The van der Waals surface area contributed by atoms with Crippen molar-refractivity contribution in [3.8, 4) is 0 Å². The average molecular weight is 238 g/mol. The predicted octanol–water partition coefficient (Wildman–Crippen LogP) is 2.40. The van der Waals surface area contributed by atoms with E-state index in [1.807, 2.05) is 0 Å². The highest BCUT2D eigenvalue weighted by Gasteiger charge is 2.19. The molecule has 16 heavy (non-hydrogen) atoms. The van der Waals surface area contributed by atoms with Crippen LogP contribution in [-0.4, -0.2) is 21.3 Å². The lowest BCUT2D eigenvalue weighted by molar-refractivity contribution is 0.0690. The first-order chi connectivity index (χ1) is 7.66. The number of carboxylic acid groups (broad SMARTS) is 1. The minimum absolute atomic E-state index is 0.0645. The molecule has 0 saturated heterocycles. The van der Waals surface area contributed by atoms with E-state index in [1.54, 1.807) is 17.8 Å². The summed E-state index contributed by atoms with van der Waals surface area (Å²) in [6.07, 6.45) is 4.83. The molecule has 2 rings (SSSR count). The van der Waals surface area contributed by atoms with Crippen LogP contribution in [-0.2, 0) is 0 Å². The highest BCUT2D eigenvalue weighted by Crippen LogP contribution is 2.36. The van der Waals surface area contributed by atoms with Crippen LogP contribution in [0.5, 0.6) is 0 Å². The van der Waals surface area contributed by atoms with E-state index < -0.39 is 5.97 Å². The summed E-state index contributed by atoms with van der Waals surface area (Å²) in [6.45, 7) is 0. The number of nitrogens with zero attached hydrogens (tertiary/aromatic N) is 1. The summed E-state index contributed by atoms with van der Waals surface area (Å²) in [4.78, 5) is 14.9. The molecule has 0 spiro atoms. The molecule has 1 heterocycles.